The summed E-state index contributed by atoms with van der Waals surface area (Å²) in [5.41, 5.74) is 8.32. The Bertz CT molecular complexity index is 561. The molecule has 0 aliphatic heterocycles. The van der Waals surface area contributed by atoms with Crippen LogP contribution in [0.15, 0.2) is 12.3 Å². The fourth-order valence-electron chi connectivity index (χ4n) is 1.43. The number of aromatic nitrogens is 3. The van der Waals surface area contributed by atoms with Crippen LogP contribution in [-0.4, -0.2) is 25.7 Å². The highest BCUT2D eigenvalue weighted by atomic mass is 16.4. The third kappa shape index (κ3) is 1.53. The number of hydrogen-bond acceptors (Lipinski definition) is 4. The fourth-order valence-corrected chi connectivity index (χ4v) is 1.43. The van der Waals surface area contributed by atoms with Crippen LogP contribution in [0.5, 0.6) is 0 Å². The molecule has 0 aliphatic rings. The number of rotatable bonds is 2. The maximum Gasteiger partial charge on any atom is 0.326 e. The van der Waals surface area contributed by atoms with E-state index in [0.717, 1.165) is 11.3 Å². The maximum atomic E-state index is 10.7. The standard InChI is InChI=1S/C10H12N4O2/c1-5-4-12-8-3-7(9(11)10(15)16)13-14(8)6(5)2/h3-4,9H,11H2,1-2H3,(H,15,16). The number of nitrogens with two attached hydrogens (primary N) is 1. The number of aliphatic carboxylic acids is 1. The van der Waals surface area contributed by atoms with Crippen molar-refractivity contribution < 1.29 is 9.90 Å². The SMILES string of the molecule is Cc1cnc2cc(C(N)C(=O)O)nn2c1C. The maximum absolute atomic E-state index is 10.7. The van der Waals surface area contributed by atoms with Crippen molar-refractivity contribution in [3.63, 3.8) is 0 Å². The molecule has 0 saturated carbocycles. The van der Waals surface area contributed by atoms with Crippen LogP contribution in [0, 0.1) is 13.8 Å². The molecule has 2 aromatic rings. The summed E-state index contributed by atoms with van der Waals surface area (Å²) >= 11 is 0. The lowest BCUT2D eigenvalue weighted by molar-refractivity contribution is -0.138. The summed E-state index contributed by atoms with van der Waals surface area (Å²) in [6.07, 6.45) is 1.72. The van der Waals surface area contributed by atoms with Gasteiger partial charge in [-0.1, -0.05) is 0 Å². The molecule has 2 heterocycles. The number of carboxylic acid groups (broad SMARTS) is 1. The van der Waals surface area contributed by atoms with E-state index in [1.807, 2.05) is 13.8 Å². The Morgan fingerprint density at radius 3 is 2.88 bits per heavy atom. The van der Waals surface area contributed by atoms with Crippen molar-refractivity contribution in [2.45, 2.75) is 19.9 Å². The van der Waals surface area contributed by atoms with E-state index in [-0.39, 0.29) is 0 Å². The summed E-state index contributed by atoms with van der Waals surface area (Å²) in [4.78, 5) is 14.9. The van der Waals surface area contributed by atoms with Crippen molar-refractivity contribution >= 4 is 11.6 Å². The summed E-state index contributed by atoms with van der Waals surface area (Å²) in [6, 6.07) is 0.479. The third-order valence-corrected chi connectivity index (χ3v) is 2.57. The second-order valence-corrected chi connectivity index (χ2v) is 3.68. The molecule has 0 saturated heterocycles. The summed E-state index contributed by atoms with van der Waals surface area (Å²) in [6.45, 7) is 3.81. The molecule has 0 spiro atoms. The minimum absolute atomic E-state index is 0.314. The molecule has 0 bridgehead atoms. The predicted molar refractivity (Wildman–Crippen MR) is 57.0 cm³/mol. The van der Waals surface area contributed by atoms with E-state index in [1.165, 1.54) is 0 Å². The molecular formula is C10H12N4O2. The Balaban J connectivity index is 2.60. The molecule has 1 atom stereocenters. The molecule has 0 amide bonds. The van der Waals surface area contributed by atoms with Gasteiger partial charge >= 0.3 is 5.97 Å². The van der Waals surface area contributed by atoms with Crippen LogP contribution >= 0.6 is 0 Å². The van der Waals surface area contributed by atoms with Crippen LogP contribution in [0.3, 0.4) is 0 Å². The van der Waals surface area contributed by atoms with Crippen molar-refractivity contribution in [2.75, 3.05) is 0 Å². The van der Waals surface area contributed by atoms with E-state index in [1.54, 1.807) is 16.8 Å². The average Bonchev–Trinajstić information content (AvgIpc) is 2.67. The summed E-state index contributed by atoms with van der Waals surface area (Å²) < 4.78 is 1.60. The number of carboxylic acids is 1. The fraction of sp³-hybridized carbons (Fsp3) is 0.300. The van der Waals surface area contributed by atoms with Gasteiger partial charge in [0, 0.05) is 18.0 Å². The van der Waals surface area contributed by atoms with Crippen LogP contribution in [0.2, 0.25) is 0 Å². The molecule has 0 fully saturated rings. The van der Waals surface area contributed by atoms with Crippen LogP contribution in [0.1, 0.15) is 23.0 Å². The zero-order valence-electron chi connectivity index (χ0n) is 9.01. The Hall–Kier alpha value is -1.95. The lowest BCUT2D eigenvalue weighted by Gasteiger charge is -2.02. The molecule has 2 rings (SSSR count). The molecule has 1 unspecified atom stereocenters. The highest BCUT2D eigenvalue weighted by molar-refractivity contribution is 5.75. The average molecular weight is 220 g/mol. The van der Waals surface area contributed by atoms with Gasteiger partial charge < -0.3 is 10.8 Å². The summed E-state index contributed by atoms with van der Waals surface area (Å²) in [7, 11) is 0. The number of hydrogen-bond donors (Lipinski definition) is 2. The van der Waals surface area contributed by atoms with E-state index in [4.69, 9.17) is 10.8 Å². The Kier molecular flexibility index (Phi) is 2.35. The first-order chi connectivity index (χ1) is 7.50. The summed E-state index contributed by atoms with van der Waals surface area (Å²) in [5.74, 6) is -1.10. The van der Waals surface area contributed by atoms with Crippen LogP contribution < -0.4 is 5.73 Å². The normalized spacial score (nSPS) is 12.9. The minimum atomic E-state index is -1.11. The molecule has 0 aliphatic carbocycles. The molecule has 3 N–H and O–H groups in total. The topological polar surface area (TPSA) is 93.5 Å². The molecule has 6 heteroatoms. The van der Waals surface area contributed by atoms with Crippen molar-refractivity contribution in [1.29, 1.82) is 0 Å². The van der Waals surface area contributed by atoms with E-state index in [0.29, 0.717) is 11.3 Å². The number of nitrogens with zero attached hydrogens (tertiary/aromatic N) is 3. The quantitative estimate of drug-likeness (QED) is 0.765. The van der Waals surface area contributed by atoms with E-state index < -0.39 is 12.0 Å². The zero-order chi connectivity index (χ0) is 11.9. The highest BCUT2D eigenvalue weighted by Crippen LogP contribution is 2.14. The smallest absolute Gasteiger partial charge is 0.326 e. The van der Waals surface area contributed by atoms with Gasteiger partial charge in [-0.2, -0.15) is 5.10 Å². The second kappa shape index (κ2) is 3.57. The van der Waals surface area contributed by atoms with Gasteiger partial charge in [-0.3, -0.25) is 4.79 Å². The molecule has 16 heavy (non-hydrogen) atoms. The number of aryl methyl sites for hydroxylation is 2. The lowest BCUT2D eigenvalue weighted by atomic mass is 10.2. The van der Waals surface area contributed by atoms with Gasteiger partial charge in [0.25, 0.3) is 0 Å². The van der Waals surface area contributed by atoms with Crippen molar-refractivity contribution in [3.05, 3.63) is 29.2 Å². The molecular weight excluding hydrogens is 208 g/mol. The van der Waals surface area contributed by atoms with Crippen molar-refractivity contribution in [3.8, 4) is 0 Å². The molecule has 6 nitrogen and oxygen atoms in total. The Morgan fingerprint density at radius 1 is 1.56 bits per heavy atom. The van der Waals surface area contributed by atoms with Gasteiger partial charge in [-0.15, -0.1) is 0 Å². The monoisotopic (exact) mass is 220 g/mol. The van der Waals surface area contributed by atoms with E-state index in [9.17, 15) is 4.79 Å². The predicted octanol–water partition coefficient (Wildman–Crippen LogP) is 0.431. The molecule has 0 radical (unpaired) electrons. The van der Waals surface area contributed by atoms with Gasteiger partial charge in [-0.25, -0.2) is 9.50 Å². The number of carbonyl (C=O) groups is 1. The van der Waals surface area contributed by atoms with Gasteiger partial charge in [0.05, 0.1) is 5.69 Å². The summed E-state index contributed by atoms with van der Waals surface area (Å²) in [5, 5.41) is 12.9. The van der Waals surface area contributed by atoms with E-state index in [2.05, 4.69) is 10.1 Å². The first-order valence-corrected chi connectivity index (χ1v) is 4.81. The Labute approximate surface area is 91.7 Å². The van der Waals surface area contributed by atoms with Crippen molar-refractivity contribution in [2.24, 2.45) is 5.73 Å². The molecule has 0 aromatic carbocycles. The van der Waals surface area contributed by atoms with Crippen LogP contribution in [0.25, 0.3) is 5.65 Å². The number of fused-ring (bicyclic) bond motifs is 1. The van der Waals surface area contributed by atoms with Gasteiger partial charge in [-0.05, 0) is 19.4 Å². The molecule has 2 aromatic heterocycles. The second-order valence-electron chi connectivity index (χ2n) is 3.68. The largest absolute Gasteiger partial charge is 0.480 e. The van der Waals surface area contributed by atoms with E-state index >= 15 is 0 Å². The lowest BCUT2D eigenvalue weighted by Crippen LogP contribution is -2.21. The van der Waals surface area contributed by atoms with Crippen molar-refractivity contribution in [1.82, 2.24) is 14.6 Å². The van der Waals surface area contributed by atoms with Gasteiger partial charge in [0.1, 0.15) is 6.04 Å². The minimum Gasteiger partial charge on any atom is -0.480 e. The first-order valence-electron chi connectivity index (χ1n) is 4.81. The van der Waals surface area contributed by atoms with Crippen LogP contribution in [-0.2, 0) is 4.79 Å². The first kappa shape index (κ1) is 10.6. The zero-order valence-corrected chi connectivity index (χ0v) is 9.01. The van der Waals surface area contributed by atoms with Gasteiger partial charge in [0.2, 0.25) is 0 Å². The van der Waals surface area contributed by atoms with Gasteiger partial charge in [0.15, 0.2) is 5.65 Å². The van der Waals surface area contributed by atoms with Crippen LogP contribution in [0.4, 0.5) is 0 Å². The molecule has 84 valence electrons. The third-order valence-electron chi connectivity index (χ3n) is 2.57. The highest BCUT2D eigenvalue weighted by Gasteiger charge is 2.18. The Morgan fingerprint density at radius 2 is 2.25 bits per heavy atom.